The molecular weight excluding hydrogens is 343 g/mol. The molecule has 0 aliphatic carbocycles. The minimum absolute atomic E-state index is 0. The molecule has 0 radical (unpaired) electrons. The van der Waals surface area contributed by atoms with E-state index in [1.54, 1.807) is 16.9 Å². The van der Waals surface area contributed by atoms with E-state index >= 15 is 0 Å². The predicted octanol–water partition coefficient (Wildman–Crippen LogP) is 1.16. The highest BCUT2D eigenvalue weighted by Gasteiger charge is 2.01. The Labute approximate surface area is 123 Å². The van der Waals surface area contributed by atoms with Crippen molar-refractivity contribution in [2.75, 3.05) is 0 Å². The number of nitrogens with two attached hydrogens (primary N) is 1. The quantitative estimate of drug-likeness (QED) is 0.489. The molecule has 0 aromatic carbocycles. The second kappa shape index (κ2) is 6.53. The molecule has 0 bridgehead atoms. The molecule has 0 saturated heterocycles. The first kappa shape index (κ1) is 14.7. The highest BCUT2D eigenvalue weighted by atomic mass is 127. The number of fused-ring (bicyclic) bond motifs is 1. The summed E-state index contributed by atoms with van der Waals surface area (Å²) in [6.07, 6.45) is 3.46. The second-order valence-electron chi connectivity index (χ2n) is 4.04. The standard InChI is InChI=1S/C11H16N6.HI/c1-8(2)16-11(12)14-7-9-3-5-13-10-4-6-15-17(9)10;/h3-6,8H,7H2,1-2H3,(H3,12,14,16);1H. The zero-order valence-electron chi connectivity index (χ0n) is 10.4. The minimum Gasteiger partial charge on any atom is -0.370 e. The SMILES string of the molecule is CC(C)NC(N)=NCc1ccnc2ccnn12.I. The molecule has 0 fully saturated rings. The monoisotopic (exact) mass is 360 g/mol. The van der Waals surface area contributed by atoms with Gasteiger partial charge in [-0.15, -0.1) is 24.0 Å². The molecule has 0 saturated carbocycles. The summed E-state index contributed by atoms with van der Waals surface area (Å²) >= 11 is 0. The van der Waals surface area contributed by atoms with E-state index in [0.717, 1.165) is 11.3 Å². The maximum absolute atomic E-state index is 5.74. The maximum Gasteiger partial charge on any atom is 0.189 e. The lowest BCUT2D eigenvalue weighted by Crippen LogP contribution is -2.36. The number of nitrogens with zero attached hydrogens (tertiary/aromatic N) is 4. The van der Waals surface area contributed by atoms with Gasteiger partial charge < -0.3 is 11.1 Å². The number of rotatable bonds is 3. The molecule has 0 spiro atoms. The van der Waals surface area contributed by atoms with E-state index in [1.807, 2.05) is 26.0 Å². The van der Waals surface area contributed by atoms with E-state index in [2.05, 4.69) is 20.4 Å². The Balaban J connectivity index is 0.00000162. The van der Waals surface area contributed by atoms with Crippen LogP contribution in [0.3, 0.4) is 0 Å². The number of aliphatic imine (C=N–C) groups is 1. The van der Waals surface area contributed by atoms with Crippen molar-refractivity contribution in [1.82, 2.24) is 19.9 Å². The zero-order chi connectivity index (χ0) is 12.3. The number of aromatic nitrogens is 3. The summed E-state index contributed by atoms with van der Waals surface area (Å²) in [6.45, 7) is 4.51. The van der Waals surface area contributed by atoms with Gasteiger partial charge in [0, 0.05) is 18.3 Å². The number of nitrogens with one attached hydrogen (secondary N) is 1. The van der Waals surface area contributed by atoms with Crippen LogP contribution in [0.1, 0.15) is 19.5 Å². The molecule has 0 aliphatic heterocycles. The van der Waals surface area contributed by atoms with Crippen LogP contribution >= 0.6 is 24.0 Å². The molecule has 2 rings (SSSR count). The molecule has 98 valence electrons. The van der Waals surface area contributed by atoms with Crippen molar-refractivity contribution in [2.24, 2.45) is 10.7 Å². The van der Waals surface area contributed by atoms with Crippen molar-refractivity contribution in [2.45, 2.75) is 26.4 Å². The number of guanidine groups is 1. The molecule has 6 nitrogen and oxygen atoms in total. The summed E-state index contributed by atoms with van der Waals surface area (Å²) in [5.41, 5.74) is 7.50. The fourth-order valence-corrected chi connectivity index (χ4v) is 1.51. The van der Waals surface area contributed by atoms with Gasteiger partial charge in [0.1, 0.15) is 0 Å². The van der Waals surface area contributed by atoms with Gasteiger partial charge in [0.15, 0.2) is 11.6 Å². The normalized spacial score (nSPS) is 11.6. The highest BCUT2D eigenvalue weighted by molar-refractivity contribution is 14.0. The van der Waals surface area contributed by atoms with E-state index in [1.165, 1.54) is 0 Å². The van der Waals surface area contributed by atoms with Gasteiger partial charge in [0.05, 0.1) is 18.4 Å². The maximum atomic E-state index is 5.74. The van der Waals surface area contributed by atoms with Gasteiger partial charge >= 0.3 is 0 Å². The summed E-state index contributed by atoms with van der Waals surface area (Å²) in [6, 6.07) is 4.01. The third-order valence-electron chi connectivity index (χ3n) is 2.22. The van der Waals surface area contributed by atoms with E-state index in [4.69, 9.17) is 5.73 Å². The van der Waals surface area contributed by atoms with Gasteiger partial charge in [0.2, 0.25) is 0 Å². The molecule has 7 heteroatoms. The van der Waals surface area contributed by atoms with Crippen molar-refractivity contribution < 1.29 is 0 Å². The topological polar surface area (TPSA) is 80.6 Å². The number of hydrogen-bond acceptors (Lipinski definition) is 3. The largest absolute Gasteiger partial charge is 0.370 e. The van der Waals surface area contributed by atoms with Gasteiger partial charge in [-0.3, -0.25) is 0 Å². The van der Waals surface area contributed by atoms with E-state index < -0.39 is 0 Å². The van der Waals surface area contributed by atoms with E-state index in [9.17, 15) is 0 Å². The lowest BCUT2D eigenvalue weighted by atomic mass is 10.4. The van der Waals surface area contributed by atoms with Crippen LogP contribution in [0.25, 0.3) is 5.65 Å². The molecule has 18 heavy (non-hydrogen) atoms. The molecule has 0 unspecified atom stereocenters. The molecular formula is C11H17IN6. The van der Waals surface area contributed by atoms with Crippen LogP contribution in [0.15, 0.2) is 29.5 Å². The Hall–Kier alpha value is -1.38. The van der Waals surface area contributed by atoms with Crippen LogP contribution in [-0.2, 0) is 6.54 Å². The Kier molecular flexibility index (Phi) is 5.32. The molecule has 2 aromatic rings. The highest BCUT2D eigenvalue weighted by Crippen LogP contribution is 2.04. The Bertz CT molecular complexity index is 533. The van der Waals surface area contributed by atoms with Crippen molar-refractivity contribution in [1.29, 1.82) is 0 Å². The molecule has 3 N–H and O–H groups in total. The van der Waals surface area contributed by atoms with Crippen molar-refractivity contribution in [3.05, 3.63) is 30.2 Å². The van der Waals surface area contributed by atoms with Crippen molar-refractivity contribution in [3.8, 4) is 0 Å². The van der Waals surface area contributed by atoms with Gasteiger partial charge in [0.25, 0.3) is 0 Å². The predicted molar refractivity (Wildman–Crippen MR) is 82.0 cm³/mol. The average Bonchev–Trinajstić information content (AvgIpc) is 2.73. The van der Waals surface area contributed by atoms with Crippen molar-refractivity contribution >= 4 is 35.6 Å². The molecule has 0 amide bonds. The van der Waals surface area contributed by atoms with Gasteiger partial charge in [-0.05, 0) is 19.9 Å². The third-order valence-corrected chi connectivity index (χ3v) is 2.22. The first-order chi connectivity index (χ1) is 8.16. The first-order valence-electron chi connectivity index (χ1n) is 5.51. The van der Waals surface area contributed by atoms with Crippen LogP contribution in [-0.4, -0.2) is 26.6 Å². The minimum atomic E-state index is 0. The molecule has 0 atom stereocenters. The summed E-state index contributed by atoms with van der Waals surface area (Å²) in [5, 5.41) is 7.22. The third kappa shape index (κ3) is 3.56. The van der Waals surface area contributed by atoms with Crippen LogP contribution in [0.5, 0.6) is 0 Å². The van der Waals surface area contributed by atoms with Gasteiger partial charge in [-0.1, -0.05) is 0 Å². The van der Waals surface area contributed by atoms with Crippen LogP contribution in [0, 0.1) is 0 Å². The van der Waals surface area contributed by atoms with Crippen LogP contribution in [0.2, 0.25) is 0 Å². The summed E-state index contributed by atoms with van der Waals surface area (Å²) in [7, 11) is 0. The molecule has 0 aliphatic rings. The van der Waals surface area contributed by atoms with E-state index in [-0.39, 0.29) is 30.0 Å². The van der Waals surface area contributed by atoms with Crippen molar-refractivity contribution in [3.63, 3.8) is 0 Å². The Morgan fingerprint density at radius 1 is 1.44 bits per heavy atom. The number of hydrogen-bond donors (Lipinski definition) is 2. The Morgan fingerprint density at radius 3 is 2.94 bits per heavy atom. The smallest absolute Gasteiger partial charge is 0.189 e. The summed E-state index contributed by atoms with van der Waals surface area (Å²) in [4.78, 5) is 8.44. The average molecular weight is 360 g/mol. The van der Waals surface area contributed by atoms with Crippen LogP contribution in [0.4, 0.5) is 0 Å². The first-order valence-corrected chi connectivity index (χ1v) is 5.51. The fourth-order valence-electron chi connectivity index (χ4n) is 1.51. The summed E-state index contributed by atoms with van der Waals surface area (Å²) in [5.74, 6) is 0.442. The fraction of sp³-hybridized carbons (Fsp3) is 0.364. The molecule has 2 aromatic heterocycles. The number of halogens is 1. The van der Waals surface area contributed by atoms with Crippen LogP contribution < -0.4 is 11.1 Å². The van der Waals surface area contributed by atoms with Gasteiger partial charge in [-0.2, -0.15) is 5.10 Å². The zero-order valence-corrected chi connectivity index (χ0v) is 12.7. The second-order valence-corrected chi connectivity index (χ2v) is 4.04. The lowest BCUT2D eigenvalue weighted by molar-refractivity contribution is 0.721. The Morgan fingerprint density at radius 2 is 2.22 bits per heavy atom. The lowest BCUT2D eigenvalue weighted by Gasteiger charge is -2.08. The van der Waals surface area contributed by atoms with E-state index in [0.29, 0.717) is 12.5 Å². The molecule has 2 heterocycles. The van der Waals surface area contributed by atoms with Gasteiger partial charge in [-0.25, -0.2) is 14.5 Å². The summed E-state index contributed by atoms with van der Waals surface area (Å²) < 4.78 is 1.76.